The number of ketones is 1. The Bertz CT molecular complexity index is 657. The third-order valence-corrected chi connectivity index (χ3v) is 4.57. The molecular weight excluding hydrogens is 304 g/mol. The van der Waals surface area contributed by atoms with Crippen LogP contribution in [0.5, 0.6) is 5.75 Å². The molecule has 23 heavy (non-hydrogen) atoms. The number of carbonyl (C=O) groups excluding carboxylic acids is 1. The fourth-order valence-corrected chi connectivity index (χ4v) is 3.04. The van der Waals surface area contributed by atoms with Crippen molar-refractivity contribution in [3.63, 3.8) is 0 Å². The van der Waals surface area contributed by atoms with E-state index >= 15 is 0 Å². The van der Waals surface area contributed by atoms with Crippen molar-refractivity contribution in [2.45, 2.75) is 38.0 Å². The molecule has 0 aliphatic rings. The lowest BCUT2D eigenvalue weighted by Crippen LogP contribution is -2.14. The topological polar surface area (TPSA) is 26.3 Å². The van der Waals surface area contributed by atoms with E-state index in [4.69, 9.17) is 4.74 Å². The summed E-state index contributed by atoms with van der Waals surface area (Å²) in [5, 5.41) is 0. The van der Waals surface area contributed by atoms with Gasteiger partial charge in [-0.15, -0.1) is 11.8 Å². The SMILES string of the molecule is CCOc1ccc(C(C)(C)C)cc1C(=O)CSc1ccccc1. The molecule has 0 amide bonds. The van der Waals surface area contributed by atoms with Crippen molar-refractivity contribution in [3.05, 3.63) is 59.7 Å². The van der Waals surface area contributed by atoms with Crippen LogP contribution in [0.15, 0.2) is 53.4 Å². The Morgan fingerprint density at radius 1 is 1.09 bits per heavy atom. The van der Waals surface area contributed by atoms with Crippen molar-refractivity contribution in [3.8, 4) is 5.75 Å². The van der Waals surface area contributed by atoms with Gasteiger partial charge in [0.2, 0.25) is 0 Å². The second-order valence-electron chi connectivity index (χ2n) is 6.42. The Morgan fingerprint density at radius 3 is 2.39 bits per heavy atom. The lowest BCUT2D eigenvalue weighted by atomic mass is 9.85. The Morgan fingerprint density at radius 2 is 1.78 bits per heavy atom. The first kappa shape index (κ1) is 17.6. The number of rotatable bonds is 6. The third kappa shape index (κ3) is 4.87. The first-order valence-electron chi connectivity index (χ1n) is 7.90. The van der Waals surface area contributed by atoms with E-state index < -0.39 is 0 Å². The number of Topliss-reactive ketones (excluding diaryl/α,β-unsaturated/α-hetero) is 1. The molecule has 0 fully saturated rings. The molecule has 2 nitrogen and oxygen atoms in total. The van der Waals surface area contributed by atoms with Crippen LogP contribution in [0.3, 0.4) is 0 Å². The molecule has 0 saturated carbocycles. The van der Waals surface area contributed by atoms with E-state index in [1.54, 1.807) is 11.8 Å². The quantitative estimate of drug-likeness (QED) is 0.527. The highest BCUT2D eigenvalue weighted by Gasteiger charge is 2.19. The molecule has 0 atom stereocenters. The number of hydrogen-bond acceptors (Lipinski definition) is 3. The number of ether oxygens (including phenoxy) is 1. The zero-order chi connectivity index (χ0) is 16.9. The Hall–Kier alpha value is -1.74. The summed E-state index contributed by atoms with van der Waals surface area (Å²) in [7, 11) is 0. The maximum atomic E-state index is 12.7. The van der Waals surface area contributed by atoms with Gasteiger partial charge in [-0.2, -0.15) is 0 Å². The summed E-state index contributed by atoms with van der Waals surface area (Å²) in [4.78, 5) is 13.8. The standard InChI is InChI=1S/C20H24O2S/c1-5-22-19-12-11-15(20(2,3)4)13-17(19)18(21)14-23-16-9-7-6-8-10-16/h6-13H,5,14H2,1-4H3. The maximum absolute atomic E-state index is 12.7. The maximum Gasteiger partial charge on any atom is 0.176 e. The van der Waals surface area contributed by atoms with E-state index in [-0.39, 0.29) is 11.2 Å². The smallest absolute Gasteiger partial charge is 0.176 e. The molecule has 0 aliphatic carbocycles. The molecule has 0 radical (unpaired) electrons. The van der Waals surface area contributed by atoms with Gasteiger partial charge in [0, 0.05) is 4.90 Å². The molecule has 2 rings (SSSR count). The lowest BCUT2D eigenvalue weighted by Gasteiger charge is -2.21. The predicted molar refractivity (Wildman–Crippen MR) is 97.8 cm³/mol. The van der Waals surface area contributed by atoms with Crippen LogP contribution < -0.4 is 4.74 Å². The molecule has 0 aromatic heterocycles. The monoisotopic (exact) mass is 328 g/mol. The summed E-state index contributed by atoms with van der Waals surface area (Å²) < 4.78 is 5.65. The molecule has 0 aliphatic heterocycles. The van der Waals surface area contributed by atoms with Crippen molar-refractivity contribution < 1.29 is 9.53 Å². The summed E-state index contributed by atoms with van der Waals surface area (Å²) in [5.74, 6) is 1.20. The number of hydrogen-bond donors (Lipinski definition) is 0. The Kier molecular flexibility index (Phi) is 5.89. The molecule has 2 aromatic rings. The van der Waals surface area contributed by atoms with E-state index in [0.717, 1.165) is 10.5 Å². The summed E-state index contributed by atoms with van der Waals surface area (Å²) in [6.07, 6.45) is 0. The van der Waals surface area contributed by atoms with E-state index in [1.807, 2.05) is 55.5 Å². The molecular formula is C20H24O2S. The fraction of sp³-hybridized carbons (Fsp3) is 0.350. The molecule has 3 heteroatoms. The van der Waals surface area contributed by atoms with Crippen LogP contribution in [0.4, 0.5) is 0 Å². The normalized spacial score (nSPS) is 11.3. The lowest BCUT2D eigenvalue weighted by molar-refractivity contribution is 0.101. The Balaban J connectivity index is 2.22. The van der Waals surface area contributed by atoms with Crippen LogP contribution in [-0.4, -0.2) is 18.1 Å². The highest BCUT2D eigenvalue weighted by atomic mass is 32.2. The van der Waals surface area contributed by atoms with Crippen molar-refractivity contribution in [2.24, 2.45) is 0 Å². The molecule has 0 heterocycles. The summed E-state index contributed by atoms with van der Waals surface area (Å²) >= 11 is 1.56. The van der Waals surface area contributed by atoms with Crippen LogP contribution in [0.1, 0.15) is 43.6 Å². The largest absolute Gasteiger partial charge is 0.493 e. The molecule has 0 N–H and O–H groups in total. The van der Waals surface area contributed by atoms with Gasteiger partial charge in [0.1, 0.15) is 5.75 Å². The van der Waals surface area contributed by atoms with Gasteiger partial charge in [-0.1, -0.05) is 45.0 Å². The number of carbonyl (C=O) groups is 1. The highest BCUT2D eigenvalue weighted by molar-refractivity contribution is 8.00. The van der Waals surface area contributed by atoms with Gasteiger partial charge in [-0.05, 0) is 42.2 Å². The second kappa shape index (κ2) is 7.69. The molecule has 0 saturated heterocycles. The van der Waals surface area contributed by atoms with Gasteiger partial charge < -0.3 is 4.74 Å². The first-order valence-corrected chi connectivity index (χ1v) is 8.88. The van der Waals surface area contributed by atoms with Gasteiger partial charge >= 0.3 is 0 Å². The van der Waals surface area contributed by atoms with Crippen molar-refractivity contribution in [2.75, 3.05) is 12.4 Å². The molecule has 122 valence electrons. The van der Waals surface area contributed by atoms with Crippen LogP contribution in [0, 0.1) is 0 Å². The Labute approximate surface area is 143 Å². The fourth-order valence-electron chi connectivity index (χ4n) is 2.24. The van der Waals surface area contributed by atoms with Crippen molar-refractivity contribution in [1.29, 1.82) is 0 Å². The number of benzene rings is 2. The third-order valence-electron chi connectivity index (χ3n) is 3.56. The minimum atomic E-state index is 0.00630. The van der Waals surface area contributed by atoms with Gasteiger partial charge in [0.25, 0.3) is 0 Å². The zero-order valence-electron chi connectivity index (χ0n) is 14.3. The molecule has 0 unspecified atom stereocenters. The van der Waals surface area contributed by atoms with E-state index in [1.165, 1.54) is 0 Å². The summed E-state index contributed by atoms with van der Waals surface area (Å²) in [6.45, 7) is 8.94. The van der Waals surface area contributed by atoms with Gasteiger partial charge in [-0.3, -0.25) is 4.79 Å². The van der Waals surface area contributed by atoms with E-state index in [9.17, 15) is 4.79 Å². The van der Waals surface area contributed by atoms with Crippen LogP contribution in [0.25, 0.3) is 0 Å². The average molecular weight is 328 g/mol. The van der Waals surface area contributed by atoms with E-state index in [2.05, 4.69) is 20.8 Å². The van der Waals surface area contributed by atoms with Gasteiger partial charge in [0.05, 0.1) is 17.9 Å². The predicted octanol–water partition coefficient (Wildman–Crippen LogP) is 5.36. The highest BCUT2D eigenvalue weighted by Crippen LogP contribution is 2.29. The molecule has 0 spiro atoms. The van der Waals surface area contributed by atoms with Crippen LogP contribution in [-0.2, 0) is 5.41 Å². The number of thioether (sulfide) groups is 1. The first-order chi connectivity index (χ1) is 10.9. The summed E-state index contributed by atoms with van der Waals surface area (Å²) in [5.41, 5.74) is 1.84. The van der Waals surface area contributed by atoms with Crippen molar-refractivity contribution >= 4 is 17.5 Å². The summed E-state index contributed by atoms with van der Waals surface area (Å²) in [6, 6.07) is 15.9. The van der Waals surface area contributed by atoms with Gasteiger partial charge in [-0.25, -0.2) is 0 Å². The zero-order valence-corrected chi connectivity index (χ0v) is 15.1. The second-order valence-corrected chi connectivity index (χ2v) is 7.47. The van der Waals surface area contributed by atoms with E-state index in [0.29, 0.717) is 23.7 Å². The minimum absolute atomic E-state index is 0.00630. The van der Waals surface area contributed by atoms with Crippen LogP contribution in [0.2, 0.25) is 0 Å². The van der Waals surface area contributed by atoms with Crippen molar-refractivity contribution in [1.82, 2.24) is 0 Å². The van der Waals surface area contributed by atoms with Crippen LogP contribution >= 0.6 is 11.8 Å². The molecule has 2 aromatic carbocycles. The van der Waals surface area contributed by atoms with Gasteiger partial charge in [0.15, 0.2) is 5.78 Å². The molecule has 0 bridgehead atoms. The average Bonchev–Trinajstić information content (AvgIpc) is 2.53. The minimum Gasteiger partial charge on any atom is -0.493 e.